The van der Waals surface area contributed by atoms with Gasteiger partial charge < -0.3 is 13.9 Å². The maximum atomic E-state index is 13.6. The van der Waals surface area contributed by atoms with Crippen LogP contribution in [0.25, 0.3) is 33.5 Å². The Kier molecular flexibility index (Phi) is 8.13. The zero-order chi connectivity index (χ0) is 28.5. The van der Waals surface area contributed by atoms with Crippen LogP contribution in [0.15, 0.2) is 104 Å². The SMILES string of the molecule is COc1cccc2oc(-c3nc4ccccc4c(=O)n3N=Cc3cc(I)c(OCc4ccc(Br)cc4)c(I)c3)cc12. The third-order valence-corrected chi connectivity index (χ3v) is 8.49. The molecule has 4 aromatic carbocycles. The van der Waals surface area contributed by atoms with Crippen LogP contribution in [0.3, 0.4) is 0 Å². The number of aromatic nitrogens is 2. The molecule has 41 heavy (non-hydrogen) atoms. The highest BCUT2D eigenvalue weighted by atomic mass is 127. The largest absolute Gasteiger partial charge is 0.496 e. The molecule has 0 fully saturated rings. The van der Waals surface area contributed by atoms with Crippen molar-refractivity contribution in [2.45, 2.75) is 6.61 Å². The van der Waals surface area contributed by atoms with Crippen molar-refractivity contribution in [3.63, 3.8) is 0 Å². The number of fused-ring (bicyclic) bond motifs is 2. The van der Waals surface area contributed by atoms with Crippen molar-refractivity contribution in [1.29, 1.82) is 0 Å². The normalized spacial score (nSPS) is 11.5. The van der Waals surface area contributed by atoms with E-state index >= 15 is 0 Å². The Morgan fingerprint density at radius 2 is 1.73 bits per heavy atom. The molecular formula is C31H20BrI2N3O4. The van der Waals surface area contributed by atoms with Crippen molar-refractivity contribution in [2.24, 2.45) is 5.10 Å². The Bertz CT molecular complexity index is 1980. The summed E-state index contributed by atoms with van der Waals surface area (Å²) in [5.41, 5.74) is 2.77. The molecule has 0 aliphatic carbocycles. The van der Waals surface area contributed by atoms with Gasteiger partial charge in [-0.15, -0.1) is 0 Å². The summed E-state index contributed by atoms with van der Waals surface area (Å²) in [6.45, 7) is 0.455. The Labute approximate surface area is 270 Å². The Morgan fingerprint density at radius 1 is 0.976 bits per heavy atom. The second-order valence-corrected chi connectivity index (χ2v) is 12.3. The fourth-order valence-corrected chi connectivity index (χ4v) is 6.76. The molecule has 0 radical (unpaired) electrons. The van der Waals surface area contributed by atoms with Gasteiger partial charge in [0, 0.05) is 4.47 Å². The smallest absolute Gasteiger partial charge is 0.282 e. The van der Waals surface area contributed by atoms with E-state index in [-0.39, 0.29) is 5.56 Å². The molecule has 0 N–H and O–H groups in total. The Morgan fingerprint density at radius 3 is 2.49 bits per heavy atom. The maximum absolute atomic E-state index is 13.6. The number of furan rings is 1. The predicted octanol–water partition coefficient (Wildman–Crippen LogP) is 8.25. The lowest BCUT2D eigenvalue weighted by atomic mass is 10.2. The lowest BCUT2D eigenvalue weighted by molar-refractivity contribution is 0.301. The average Bonchev–Trinajstić information content (AvgIpc) is 3.42. The molecule has 0 saturated heterocycles. The van der Waals surface area contributed by atoms with Crippen LogP contribution in [0, 0.1) is 7.14 Å². The number of benzene rings is 4. The number of nitrogens with zero attached hydrogens (tertiary/aromatic N) is 3. The molecule has 0 spiro atoms. The van der Waals surface area contributed by atoms with Crippen LogP contribution in [0.1, 0.15) is 11.1 Å². The van der Waals surface area contributed by atoms with Crippen molar-refractivity contribution >= 4 is 89.2 Å². The fraction of sp³-hybridized carbons (Fsp3) is 0.0645. The number of hydrogen-bond donors (Lipinski definition) is 0. The van der Waals surface area contributed by atoms with Crippen LogP contribution in [0.5, 0.6) is 11.5 Å². The summed E-state index contributed by atoms with van der Waals surface area (Å²) in [5.74, 6) is 2.17. The van der Waals surface area contributed by atoms with Gasteiger partial charge in [-0.1, -0.05) is 46.3 Å². The first-order chi connectivity index (χ1) is 19.9. The molecule has 10 heteroatoms. The van der Waals surface area contributed by atoms with Crippen LogP contribution in [0.2, 0.25) is 0 Å². The van der Waals surface area contributed by atoms with Crippen molar-refractivity contribution in [3.8, 4) is 23.1 Å². The van der Waals surface area contributed by atoms with Gasteiger partial charge in [-0.2, -0.15) is 9.78 Å². The van der Waals surface area contributed by atoms with Gasteiger partial charge in [0.05, 0.1) is 36.8 Å². The summed E-state index contributed by atoms with van der Waals surface area (Å²) in [7, 11) is 1.61. The average molecular weight is 832 g/mol. The van der Waals surface area contributed by atoms with E-state index < -0.39 is 0 Å². The van der Waals surface area contributed by atoms with Crippen LogP contribution in [-0.2, 0) is 6.61 Å². The Balaban J connectivity index is 1.38. The first-order valence-corrected chi connectivity index (χ1v) is 15.4. The predicted molar refractivity (Wildman–Crippen MR) is 181 cm³/mol. The molecule has 0 aliphatic rings. The van der Waals surface area contributed by atoms with Crippen molar-refractivity contribution in [2.75, 3.05) is 7.11 Å². The van der Waals surface area contributed by atoms with Crippen LogP contribution >= 0.6 is 61.1 Å². The highest BCUT2D eigenvalue weighted by Gasteiger charge is 2.18. The second kappa shape index (κ2) is 11.9. The standard InChI is InChI=1S/C31H20BrI2N3O4/c1-39-26-7-4-8-27-22(26)15-28(41-27)30-36-25-6-3-2-5-21(25)31(38)37(30)35-16-19-13-23(33)29(24(34)14-19)40-17-18-9-11-20(32)12-10-18/h2-16H,17H2,1H3. The lowest BCUT2D eigenvalue weighted by Crippen LogP contribution is -2.20. The zero-order valence-electron chi connectivity index (χ0n) is 21.5. The van der Waals surface area contributed by atoms with Crippen LogP contribution < -0.4 is 15.0 Å². The maximum Gasteiger partial charge on any atom is 0.282 e. The summed E-state index contributed by atoms with van der Waals surface area (Å²) < 4.78 is 21.9. The number of hydrogen-bond acceptors (Lipinski definition) is 6. The molecule has 2 heterocycles. The van der Waals surface area contributed by atoms with E-state index in [0.29, 0.717) is 40.4 Å². The van der Waals surface area contributed by atoms with Gasteiger partial charge in [-0.25, -0.2) is 4.98 Å². The van der Waals surface area contributed by atoms with E-state index in [2.05, 4.69) is 66.2 Å². The number of halogens is 3. The number of methoxy groups -OCH3 is 1. The van der Waals surface area contributed by atoms with Crippen LogP contribution in [0.4, 0.5) is 0 Å². The van der Waals surface area contributed by atoms with E-state index in [9.17, 15) is 4.79 Å². The molecule has 0 amide bonds. The van der Waals surface area contributed by atoms with Crippen molar-refractivity contribution in [3.05, 3.63) is 118 Å². The third-order valence-electron chi connectivity index (χ3n) is 6.35. The van der Waals surface area contributed by atoms with Crippen molar-refractivity contribution in [1.82, 2.24) is 9.66 Å². The fourth-order valence-electron chi connectivity index (χ4n) is 4.37. The second-order valence-electron chi connectivity index (χ2n) is 9.03. The number of rotatable bonds is 7. The van der Waals surface area contributed by atoms with E-state index in [1.54, 1.807) is 25.5 Å². The first-order valence-electron chi connectivity index (χ1n) is 12.4. The molecule has 6 rings (SSSR count). The first kappa shape index (κ1) is 27.9. The molecule has 0 aliphatic heterocycles. The molecule has 7 nitrogen and oxygen atoms in total. The van der Waals surface area contributed by atoms with Gasteiger partial charge in [-0.05, 0) is 111 Å². The lowest BCUT2D eigenvalue weighted by Gasteiger charge is -2.12. The topological polar surface area (TPSA) is 78.9 Å². The monoisotopic (exact) mass is 831 g/mol. The molecular weight excluding hydrogens is 812 g/mol. The summed E-state index contributed by atoms with van der Waals surface area (Å²) in [6.07, 6.45) is 1.65. The highest BCUT2D eigenvalue weighted by Crippen LogP contribution is 2.33. The van der Waals surface area contributed by atoms with Gasteiger partial charge in [0.25, 0.3) is 5.56 Å². The minimum atomic E-state index is -0.298. The highest BCUT2D eigenvalue weighted by molar-refractivity contribution is 14.1. The van der Waals surface area contributed by atoms with E-state index in [0.717, 1.165) is 33.9 Å². The molecule has 204 valence electrons. The van der Waals surface area contributed by atoms with Gasteiger partial charge in [0.1, 0.15) is 23.7 Å². The minimum absolute atomic E-state index is 0.294. The number of ether oxygens (including phenoxy) is 2. The third kappa shape index (κ3) is 5.77. The summed E-state index contributed by atoms with van der Waals surface area (Å²) in [6, 6.07) is 26.5. The Hall–Kier alpha value is -3.23. The summed E-state index contributed by atoms with van der Waals surface area (Å²) >= 11 is 7.97. The van der Waals surface area contributed by atoms with Crippen molar-refractivity contribution < 1.29 is 13.9 Å². The quantitative estimate of drug-likeness (QED) is 0.120. The van der Waals surface area contributed by atoms with Crippen LogP contribution in [-0.4, -0.2) is 23.0 Å². The molecule has 0 unspecified atom stereocenters. The molecule has 0 saturated carbocycles. The molecule has 6 aromatic rings. The molecule has 2 aromatic heterocycles. The van der Waals surface area contributed by atoms with E-state index in [1.165, 1.54) is 4.68 Å². The van der Waals surface area contributed by atoms with Gasteiger partial charge in [-0.3, -0.25) is 4.79 Å². The zero-order valence-corrected chi connectivity index (χ0v) is 27.4. The molecule has 0 atom stereocenters. The van der Waals surface area contributed by atoms with Gasteiger partial charge in [0.2, 0.25) is 5.82 Å². The van der Waals surface area contributed by atoms with E-state index in [4.69, 9.17) is 18.9 Å². The van der Waals surface area contributed by atoms with Gasteiger partial charge in [0.15, 0.2) is 5.76 Å². The summed E-state index contributed by atoms with van der Waals surface area (Å²) in [4.78, 5) is 18.4. The summed E-state index contributed by atoms with van der Waals surface area (Å²) in [5, 5.41) is 5.85. The number of para-hydroxylation sites is 1. The molecule has 0 bridgehead atoms. The minimum Gasteiger partial charge on any atom is -0.496 e. The van der Waals surface area contributed by atoms with Gasteiger partial charge >= 0.3 is 0 Å². The van der Waals surface area contributed by atoms with E-state index in [1.807, 2.05) is 72.8 Å².